The Hall–Kier alpha value is -3.19. The van der Waals surface area contributed by atoms with Crippen LogP contribution in [0, 0.1) is 5.92 Å². The van der Waals surface area contributed by atoms with Gasteiger partial charge in [0.05, 0.1) is 12.1 Å². The standard InChI is InChI=1S/C24H27N5O2/c25-21(14-7-3-1-4-8-14)24(31)27-16-11-17-20-18(13-26-29-23(17)30)22(28-19(20)12-16)15-9-5-2-6-10-15/h2,5-6,9-14,18,21-22,28H,1,3-4,7-8,25H2,(H,27,31)(H,29,30)/t18?,21-,22?/m0/s1. The fraction of sp³-hybridized carbons (Fsp3) is 0.375. The number of nitrogens with one attached hydrogen (secondary N) is 3. The average Bonchev–Trinajstić information content (AvgIpc) is 3.08. The second kappa shape index (κ2) is 8.15. The zero-order valence-electron chi connectivity index (χ0n) is 17.3. The highest BCUT2D eigenvalue weighted by molar-refractivity contribution is 6.04. The Morgan fingerprint density at radius 2 is 1.90 bits per heavy atom. The van der Waals surface area contributed by atoms with Crippen LogP contribution in [0.2, 0.25) is 0 Å². The van der Waals surface area contributed by atoms with Crippen LogP contribution in [0.5, 0.6) is 0 Å². The van der Waals surface area contributed by atoms with E-state index in [0.717, 1.165) is 42.5 Å². The van der Waals surface area contributed by atoms with E-state index in [9.17, 15) is 9.59 Å². The molecule has 1 saturated carbocycles. The first-order valence-electron chi connectivity index (χ1n) is 11.0. The fourth-order valence-electron chi connectivity index (χ4n) is 5.10. The third-order valence-electron chi connectivity index (χ3n) is 6.72. The smallest absolute Gasteiger partial charge is 0.271 e. The number of nitrogens with zero attached hydrogens (tertiary/aromatic N) is 1. The van der Waals surface area contributed by atoms with Crippen LogP contribution in [-0.4, -0.2) is 24.1 Å². The van der Waals surface area contributed by atoms with Crippen LogP contribution in [-0.2, 0) is 4.79 Å². The van der Waals surface area contributed by atoms with E-state index < -0.39 is 6.04 Å². The molecule has 2 unspecified atom stereocenters. The van der Waals surface area contributed by atoms with Crippen molar-refractivity contribution in [2.24, 2.45) is 16.8 Å². The minimum absolute atomic E-state index is 0.0400. The maximum absolute atomic E-state index is 12.8. The lowest BCUT2D eigenvalue weighted by atomic mass is 9.84. The number of hydrazone groups is 1. The van der Waals surface area contributed by atoms with Gasteiger partial charge in [0.1, 0.15) is 0 Å². The van der Waals surface area contributed by atoms with Gasteiger partial charge in [-0.1, -0.05) is 49.6 Å². The highest BCUT2D eigenvalue weighted by Gasteiger charge is 2.37. The molecule has 2 aromatic rings. The van der Waals surface area contributed by atoms with E-state index in [1.807, 2.05) is 24.3 Å². The summed E-state index contributed by atoms with van der Waals surface area (Å²) in [6.45, 7) is 0. The van der Waals surface area contributed by atoms with Crippen LogP contribution in [0.1, 0.15) is 65.5 Å². The molecule has 31 heavy (non-hydrogen) atoms. The summed E-state index contributed by atoms with van der Waals surface area (Å²) in [6.07, 6.45) is 7.23. The summed E-state index contributed by atoms with van der Waals surface area (Å²) in [5, 5.41) is 10.6. The van der Waals surface area contributed by atoms with Gasteiger partial charge < -0.3 is 16.4 Å². The van der Waals surface area contributed by atoms with E-state index >= 15 is 0 Å². The molecule has 2 amide bonds. The Bertz CT molecular complexity index is 1030. The molecule has 2 aliphatic heterocycles. The molecule has 5 rings (SSSR count). The number of anilines is 2. The Kier molecular flexibility index (Phi) is 5.19. The molecule has 5 N–H and O–H groups in total. The van der Waals surface area contributed by atoms with E-state index in [-0.39, 0.29) is 29.7 Å². The van der Waals surface area contributed by atoms with Crippen LogP contribution < -0.4 is 21.8 Å². The molecule has 2 aromatic carbocycles. The van der Waals surface area contributed by atoms with Crippen LogP contribution in [0.15, 0.2) is 47.6 Å². The van der Waals surface area contributed by atoms with Crippen LogP contribution in [0.25, 0.3) is 0 Å². The highest BCUT2D eigenvalue weighted by Crippen LogP contribution is 2.46. The molecule has 1 aliphatic carbocycles. The van der Waals surface area contributed by atoms with E-state index in [1.165, 1.54) is 6.42 Å². The number of nitrogens with two attached hydrogens (primary N) is 1. The van der Waals surface area contributed by atoms with E-state index in [4.69, 9.17) is 5.73 Å². The molecule has 0 aromatic heterocycles. The van der Waals surface area contributed by atoms with Gasteiger partial charge in [0.15, 0.2) is 0 Å². The Balaban J connectivity index is 1.44. The number of benzene rings is 2. The molecule has 0 saturated heterocycles. The Morgan fingerprint density at radius 1 is 1.13 bits per heavy atom. The molecular formula is C24H27N5O2. The summed E-state index contributed by atoms with van der Waals surface area (Å²) in [6, 6.07) is 13.1. The van der Waals surface area contributed by atoms with Gasteiger partial charge >= 0.3 is 0 Å². The van der Waals surface area contributed by atoms with Crippen LogP contribution in [0.3, 0.4) is 0 Å². The van der Waals surface area contributed by atoms with Gasteiger partial charge in [-0.2, -0.15) is 5.10 Å². The summed E-state index contributed by atoms with van der Waals surface area (Å²) in [4.78, 5) is 25.5. The van der Waals surface area contributed by atoms with Crippen molar-refractivity contribution in [3.63, 3.8) is 0 Å². The predicted octanol–water partition coefficient (Wildman–Crippen LogP) is 3.51. The first kappa shape index (κ1) is 19.8. The fourth-order valence-corrected chi connectivity index (χ4v) is 5.10. The minimum Gasteiger partial charge on any atom is -0.377 e. The average molecular weight is 418 g/mol. The van der Waals surface area contributed by atoms with Gasteiger partial charge in [0, 0.05) is 29.1 Å². The number of hydrogen-bond acceptors (Lipinski definition) is 5. The van der Waals surface area contributed by atoms with E-state index in [0.29, 0.717) is 11.3 Å². The van der Waals surface area contributed by atoms with Gasteiger partial charge in [-0.25, -0.2) is 5.43 Å². The van der Waals surface area contributed by atoms with Gasteiger partial charge in [0.2, 0.25) is 5.91 Å². The van der Waals surface area contributed by atoms with Crippen molar-refractivity contribution in [3.8, 4) is 0 Å². The maximum atomic E-state index is 12.8. The van der Waals surface area contributed by atoms with Crippen molar-refractivity contribution in [2.45, 2.75) is 50.1 Å². The van der Waals surface area contributed by atoms with Crippen molar-refractivity contribution in [1.82, 2.24) is 5.43 Å². The Morgan fingerprint density at radius 3 is 2.68 bits per heavy atom. The molecular weight excluding hydrogens is 390 g/mol. The summed E-state index contributed by atoms with van der Waals surface area (Å²) in [5.41, 5.74) is 12.8. The topological polar surface area (TPSA) is 109 Å². The summed E-state index contributed by atoms with van der Waals surface area (Å²) in [5.74, 6) is -0.344. The van der Waals surface area contributed by atoms with Gasteiger partial charge in [-0.05, 0) is 42.0 Å². The molecule has 1 fully saturated rings. The first-order chi connectivity index (χ1) is 15.1. The largest absolute Gasteiger partial charge is 0.377 e. The lowest BCUT2D eigenvalue weighted by molar-refractivity contribution is -0.118. The summed E-state index contributed by atoms with van der Waals surface area (Å²) < 4.78 is 0. The molecule has 0 bridgehead atoms. The quantitative estimate of drug-likeness (QED) is 0.610. The molecule has 7 nitrogen and oxygen atoms in total. The van der Waals surface area contributed by atoms with E-state index in [2.05, 4.69) is 33.3 Å². The number of amides is 2. The number of carbonyl (C=O) groups is 2. The van der Waals surface area contributed by atoms with Crippen molar-refractivity contribution in [2.75, 3.05) is 10.6 Å². The van der Waals surface area contributed by atoms with E-state index in [1.54, 1.807) is 12.3 Å². The number of carbonyl (C=O) groups excluding carboxylic acids is 2. The van der Waals surface area contributed by atoms with Crippen molar-refractivity contribution < 1.29 is 9.59 Å². The van der Waals surface area contributed by atoms with Crippen molar-refractivity contribution >= 4 is 29.4 Å². The molecule has 0 radical (unpaired) electrons. The maximum Gasteiger partial charge on any atom is 0.271 e. The number of rotatable bonds is 4. The predicted molar refractivity (Wildman–Crippen MR) is 121 cm³/mol. The van der Waals surface area contributed by atoms with Gasteiger partial charge in [0.25, 0.3) is 5.91 Å². The lowest BCUT2D eigenvalue weighted by Gasteiger charge is -2.26. The third-order valence-corrected chi connectivity index (χ3v) is 6.72. The monoisotopic (exact) mass is 417 g/mol. The SMILES string of the molecule is N[C@H](C(=O)Nc1cc2c3c(c1)C(=O)NN=CC3C(c1ccccc1)N2)C1CCCCC1. The molecule has 160 valence electrons. The molecule has 3 aliphatic rings. The molecule has 0 spiro atoms. The third kappa shape index (κ3) is 3.70. The summed E-state index contributed by atoms with van der Waals surface area (Å²) in [7, 11) is 0. The zero-order chi connectivity index (χ0) is 21.4. The van der Waals surface area contributed by atoms with Gasteiger partial charge in [-0.15, -0.1) is 0 Å². The molecule has 7 heteroatoms. The second-order valence-electron chi connectivity index (χ2n) is 8.68. The second-order valence-corrected chi connectivity index (χ2v) is 8.68. The highest BCUT2D eigenvalue weighted by atomic mass is 16.2. The first-order valence-corrected chi connectivity index (χ1v) is 11.0. The zero-order valence-corrected chi connectivity index (χ0v) is 17.3. The normalized spacial score (nSPS) is 23.3. The Labute approximate surface area is 181 Å². The van der Waals surface area contributed by atoms with Gasteiger partial charge in [-0.3, -0.25) is 9.59 Å². The van der Waals surface area contributed by atoms with Crippen molar-refractivity contribution in [3.05, 3.63) is 59.2 Å². The lowest BCUT2D eigenvalue weighted by Crippen LogP contribution is -2.42. The van der Waals surface area contributed by atoms with Crippen LogP contribution in [0.4, 0.5) is 11.4 Å². The minimum atomic E-state index is -0.539. The number of hydrogen-bond donors (Lipinski definition) is 4. The summed E-state index contributed by atoms with van der Waals surface area (Å²) >= 11 is 0. The van der Waals surface area contributed by atoms with Crippen LogP contribution >= 0.6 is 0 Å². The molecule has 3 atom stereocenters. The molecule has 2 heterocycles. The van der Waals surface area contributed by atoms with Crippen molar-refractivity contribution in [1.29, 1.82) is 0 Å².